The van der Waals surface area contributed by atoms with Crippen molar-refractivity contribution in [1.29, 1.82) is 0 Å². The Morgan fingerprint density at radius 3 is 2.71 bits per heavy atom. The van der Waals surface area contributed by atoms with Gasteiger partial charge in [0, 0.05) is 20.7 Å². The van der Waals surface area contributed by atoms with Crippen molar-refractivity contribution >= 4 is 0 Å². The number of hydrogen-bond acceptors (Lipinski definition) is 4. The summed E-state index contributed by atoms with van der Waals surface area (Å²) in [7, 11) is 3.67. The van der Waals surface area contributed by atoms with Gasteiger partial charge in [0.2, 0.25) is 0 Å². The molecule has 1 atom stereocenters. The van der Waals surface area contributed by atoms with Gasteiger partial charge in [-0.05, 0) is 13.8 Å². The number of rotatable bonds is 5. The Hall–Kier alpha value is -0.940. The molecule has 5 nitrogen and oxygen atoms in total. The molecular weight excluding hydrogens is 180 g/mol. The van der Waals surface area contributed by atoms with Crippen LogP contribution in [-0.4, -0.2) is 34.5 Å². The van der Waals surface area contributed by atoms with E-state index in [-0.39, 0.29) is 6.10 Å². The van der Waals surface area contributed by atoms with Crippen molar-refractivity contribution in [2.45, 2.75) is 26.5 Å². The summed E-state index contributed by atoms with van der Waals surface area (Å²) in [5, 5.41) is 11.3. The van der Waals surface area contributed by atoms with Crippen molar-refractivity contribution in [3.05, 3.63) is 11.6 Å². The van der Waals surface area contributed by atoms with Gasteiger partial charge in [0.25, 0.3) is 0 Å². The van der Waals surface area contributed by atoms with Gasteiger partial charge in [-0.15, -0.1) is 10.2 Å². The second-order valence-electron chi connectivity index (χ2n) is 3.40. The largest absolute Gasteiger partial charge is 0.380 e. The summed E-state index contributed by atoms with van der Waals surface area (Å²) in [5.41, 5.74) is 0. The second-order valence-corrected chi connectivity index (χ2v) is 3.40. The van der Waals surface area contributed by atoms with E-state index in [1.165, 1.54) is 0 Å². The summed E-state index contributed by atoms with van der Waals surface area (Å²) in [6.07, 6.45) is 0.226. The van der Waals surface area contributed by atoms with Crippen LogP contribution in [0.1, 0.15) is 18.6 Å². The zero-order valence-electron chi connectivity index (χ0n) is 9.24. The molecule has 1 heterocycles. The lowest BCUT2D eigenvalue weighted by Crippen LogP contribution is -2.26. The van der Waals surface area contributed by atoms with Crippen LogP contribution in [0, 0.1) is 6.92 Å². The van der Waals surface area contributed by atoms with Crippen molar-refractivity contribution < 1.29 is 4.74 Å². The van der Waals surface area contributed by atoms with Crippen LogP contribution in [0.2, 0.25) is 0 Å². The molecule has 1 N–H and O–H groups in total. The summed E-state index contributed by atoms with van der Waals surface area (Å²) < 4.78 is 7.09. The number of methoxy groups -OCH3 is 1. The highest BCUT2D eigenvalue weighted by atomic mass is 16.5. The number of nitrogens with one attached hydrogen (secondary N) is 1. The number of nitrogens with zero attached hydrogens (tertiary/aromatic N) is 3. The minimum absolute atomic E-state index is 0.226. The lowest BCUT2D eigenvalue weighted by atomic mass is 10.4. The molecule has 0 radical (unpaired) electrons. The fraction of sp³-hybridized carbons (Fsp3) is 0.778. The SMILES string of the molecule is COC(C)CNCc1nnc(C)n1C. The van der Waals surface area contributed by atoms with Crippen LogP contribution in [-0.2, 0) is 18.3 Å². The van der Waals surface area contributed by atoms with Crippen LogP contribution >= 0.6 is 0 Å². The van der Waals surface area contributed by atoms with Gasteiger partial charge < -0.3 is 14.6 Å². The summed E-state index contributed by atoms with van der Waals surface area (Å²) in [4.78, 5) is 0. The Bertz CT molecular complexity index is 284. The first-order chi connectivity index (χ1) is 6.65. The topological polar surface area (TPSA) is 52.0 Å². The van der Waals surface area contributed by atoms with Crippen LogP contribution in [0.15, 0.2) is 0 Å². The van der Waals surface area contributed by atoms with E-state index in [9.17, 15) is 0 Å². The lowest BCUT2D eigenvalue weighted by molar-refractivity contribution is 0.117. The summed E-state index contributed by atoms with van der Waals surface area (Å²) >= 11 is 0. The maximum atomic E-state index is 5.12. The molecule has 0 saturated heterocycles. The average Bonchev–Trinajstić information content (AvgIpc) is 2.49. The molecule has 0 aliphatic carbocycles. The van der Waals surface area contributed by atoms with Crippen LogP contribution in [0.3, 0.4) is 0 Å². The average molecular weight is 198 g/mol. The van der Waals surface area contributed by atoms with Gasteiger partial charge >= 0.3 is 0 Å². The van der Waals surface area contributed by atoms with E-state index in [1.807, 2.05) is 25.5 Å². The summed E-state index contributed by atoms with van der Waals surface area (Å²) in [5.74, 6) is 1.88. The number of aryl methyl sites for hydroxylation is 1. The molecule has 1 unspecified atom stereocenters. The number of ether oxygens (including phenoxy) is 1. The lowest BCUT2D eigenvalue weighted by Gasteiger charge is -2.10. The Kier molecular flexibility index (Phi) is 4.03. The van der Waals surface area contributed by atoms with Gasteiger partial charge in [-0.25, -0.2) is 0 Å². The summed E-state index contributed by atoms with van der Waals surface area (Å²) in [6.45, 7) is 5.51. The Balaban J connectivity index is 2.35. The van der Waals surface area contributed by atoms with Crippen LogP contribution in [0.4, 0.5) is 0 Å². The van der Waals surface area contributed by atoms with Crippen LogP contribution < -0.4 is 5.32 Å². The first-order valence-corrected chi connectivity index (χ1v) is 4.73. The molecular formula is C9H18N4O. The Morgan fingerprint density at radius 2 is 2.21 bits per heavy atom. The smallest absolute Gasteiger partial charge is 0.146 e. The maximum absolute atomic E-state index is 5.12. The second kappa shape index (κ2) is 5.07. The van der Waals surface area contributed by atoms with E-state index >= 15 is 0 Å². The zero-order chi connectivity index (χ0) is 10.6. The molecule has 0 amide bonds. The molecule has 0 fully saturated rings. The molecule has 0 aliphatic heterocycles. The first kappa shape index (κ1) is 11.1. The normalized spacial score (nSPS) is 13.1. The highest BCUT2D eigenvalue weighted by Crippen LogP contribution is 1.96. The third-order valence-electron chi connectivity index (χ3n) is 2.30. The van der Waals surface area contributed by atoms with Gasteiger partial charge in [-0.2, -0.15) is 0 Å². The zero-order valence-corrected chi connectivity index (χ0v) is 9.24. The number of aromatic nitrogens is 3. The monoisotopic (exact) mass is 198 g/mol. The maximum Gasteiger partial charge on any atom is 0.146 e. The van der Waals surface area contributed by atoms with Crippen molar-refractivity contribution in [1.82, 2.24) is 20.1 Å². The van der Waals surface area contributed by atoms with Gasteiger partial charge in [-0.3, -0.25) is 0 Å². The molecule has 80 valence electrons. The van der Waals surface area contributed by atoms with Gasteiger partial charge in [0.05, 0.1) is 12.6 Å². The Labute approximate surface area is 84.5 Å². The predicted octanol–water partition coefficient (Wildman–Crippen LogP) is 0.248. The highest BCUT2D eigenvalue weighted by Gasteiger charge is 2.04. The minimum Gasteiger partial charge on any atom is -0.380 e. The highest BCUT2D eigenvalue weighted by molar-refractivity contribution is 4.91. The van der Waals surface area contributed by atoms with Crippen LogP contribution in [0.25, 0.3) is 0 Å². The van der Waals surface area contributed by atoms with E-state index < -0.39 is 0 Å². The van der Waals surface area contributed by atoms with Crippen molar-refractivity contribution in [2.75, 3.05) is 13.7 Å². The third kappa shape index (κ3) is 2.78. The van der Waals surface area contributed by atoms with Crippen molar-refractivity contribution in [2.24, 2.45) is 7.05 Å². The van der Waals surface area contributed by atoms with Gasteiger partial charge in [0.15, 0.2) is 0 Å². The van der Waals surface area contributed by atoms with Crippen molar-refractivity contribution in [3.8, 4) is 0 Å². The fourth-order valence-corrected chi connectivity index (χ4v) is 1.08. The molecule has 0 aromatic carbocycles. The van der Waals surface area contributed by atoms with Crippen molar-refractivity contribution in [3.63, 3.8) is 0 Å². The van der Waals surface area contributed by atoms with E-state index in [0.29, 0.717) is 0 Å². The quantitative estimate of drug-likeness (QED) is 0.736. The molecule has 0 bridgehead atoms. The molecule has 14 heavy (non-hydrogen) atoms. The molecule has 1 aromatic rings. The third-order valence-corrected chi connectivity index (χ3v) is 2.30. The van der Waals surface area contributed by atoms with Gasteiger partial charge in [0.1, 0.15) is 11.6 Å². The fourth-order valence-electron chi connectivity index (χ4n) is 1.08. The standard InChI is InChI=1S/C9H18N4O/c1-7(14-4)5-10-6-9-12-11-8(2)13(9)3/h7,10H,5-6H2,1-4H3. The molecule has 0 aliphatic rings. The molecule has 5 heteroatoms. The number of hydrogen-bond donors (Lipinski definition) is 1. The molecule has 0 spiro atoms. The van der Waals surface area contributed by atoms with E-state index in [0.717, 1.165) is 24.7 Å². The predicted molar refractivity (Wildman–Crippen MR) is 53.9 cm³/mol. The Morgan fingerprint density at radius 1 is 1.50 bits per heavy atom. The first-order valence-electron chi connectivity index (χ1n) is 4.73. The van der Waals surface area contributed by atoms with Gasteiger partial charge in [-0.1, -0.05) is 0 Å². The molecule has 1 aromatic heterocycles. The minimum atomic E-state index is 0.226. The summed E-state index contributed by atoms with van der Waals surface area (Å²) in [6, 6.07) is 0. The molecule has 1 rings (SSSR count). The molecule has 0 saturated carbocycles. The van der Waals surface area contributed by atoms with E-state index in [2.05, 4.69) is 15.5 Å². The van der Waals surface area contributed by atoms with E-state index in [1.54, 1.807) is 7.11 Å². The van der Waals surface area contributed by atoms with Crippen LogP contribution in [0.5, 0.6) is 0 Å². The van der Waals surface area contributed by atoms with E-state index in [4.69, 9.17) is 4.74 Å².